The molecule has 0 aliphatic heterocycles. The first-order chi connectivity index (χ1) is 6.59. The van der Waals surface area contributed by atoms with Crippen molar-refractivity contribution in [1.82, 2.24) is 5.32 Å². The zero-order valence-corrected chi connectivity index (χ0v) is 9.80. The lowest BCUT2D eigenvalue weighted by Gasteiger charge is -2.07. The van der Waals surface area contributed by atoms with Gasteiger partial charge in [-0.15, -0.1) is 12.4 Å². The molecule has 0 fully saturated rings. The molecule has 15 heavy (non-hydrogen) atoms. The van der Waals surface area contributed by atoms with Gasteiger partial charge in [-0.25, -0.2) is 0 Å². The highest BCUT2D eigenvalue weighted by Crippen LogP contribution is 2.10. The molecule has 0 aliphatic rings. The SMILES string of the molecule is CC(=O)NCc1ccc(C(C)N)cc1.Cl. The fraction of sp³-hybridized carbons (Fsp3) is 0.364. The Morgan fingerprint density at radius 3 is 2.33 bits per heavy atom. The fourth-order valence-corrected chi connectivity index (χ4v) is 1.17. The lowest BCUT2D eigenvalue weighted by atomic mass is 10.1. The van der Waals surface area contributed by atoms with Crippen LogP contribution in [-0.4, -0.2) is 5.91 Å². The van der Waals surface area contributed by atoms with Gasteiger partial charge in [-0.05, 0) is 18.1 Å². The molecule has 0 spiro atoms. The molecule has 0 bridgehead atoms. The minimum absolute atomic E-state index is 0. The van der Waals surface area contributed by atoms with E-state index in [4.69, 9.17) is 5.73 Å². The number of carbonyl (C=O) groups is 1. The Balaban J connectivity index is 0.00000196. The zero-order valence-electron chi connectivity index (χ0n) is 8.99. The first kappa shape index (κ1) is 13.9. The lowest BCUT2D eigenvalue weighted by Crippen LogP contribution is -2.18. The van der Waals surface area contributed by atoms with Crippen LogP contribution in [0.25, 0.3) is 0 Å². The normalized spacial score (nSPS) is 11.4. The fourth-order valence-electron chi connectivity index (χ4n) is 1.17. The average molecular weight is 229 g/mol. The Hall–Kier alpha value is -1.06. The van der Waals surface area contributed by atoms with Crippen LogP contribution in [0.15, 0.2) is 24.3 Å². The molecule has 3 nitrogen and oxygen atoms in total. The Morgan fingerprint density at radius 2 is 1.93 bits per heavy atom. The summed E-state index contributed by atoms with van der Waals surface area (Å²) in [5.41, 5.74) is 7.91. The molecule has 0 heterocycles. The molecule has 1 aromatic carbocycles. The maximum atomic E-state index is 10.7. The lowest BCUT2D eigenvalue weighted by molar-refractivity contribution is -0.119. The highest BCUT2D eigenvalue weighted by Gasteiger charge is 1.99. The van der Waals surface area contributed by atoms with Crippen LogP contribution in [0.2, 0.25) is 0 Å². The molecule has 0 aromatic heterocycles. The molecule has 1 rings (SSSR count). The largest absolute Gasteiger partial charge is 0.352 e. The van der Waals surface area contributed by atoms with Crippen LogP contribution in [0.3, 0.4) is 0 Å². The number of benzene rings is 1. The van der Waals surface area contributed by atoms with Gasteiger partial charge in [0.1, 0.15) is 0 Å². The summed E-state index contributed by atoms with van der Waals surface area (Å²) in [7, 11) is 0. The van der Waals surface area contributed by atoms with Crippen molar-refractivity contribution in [2.45, 2.75) is 26.4 Å². The van der Waals surface area contributed by atoms with E-state index >= 15 is 0 Å². The second kappa shape index (κ2) is 6.43. The van der Waals surface area contributed by atoms with Crippen LogP contribution in [0, 0.1) is 0 Å². The highest BCUT2D eigenvalue weighted by molar-refractivity contribution is 5.85. The van der Waals surface area contributed by atoms with E-state index in [-0.39, 0.29) is 24.4 Å². The van der Waals surface area contributed by atoms with Crippen LogP contribution >= 0.6 is 12.4 Å². The number of nitrogens with two attached hydrogens (primary N) is 1. The Kier molecular flexibility index (Phi) is 5.97. The second-order valence-corrected chi connectivity index (χ2v) is 3.44. The summed E-state index contributed by atoms with van der Waals surface area (Å²) >= 11 is 0. The van der Waals surface area contributed by atoms with Crippen molar-refractivity contribution in [2.24, 2.45) is 5.73 Å². The molecular formula is C11H17ClN2O. The summed E-state index contributed by atoms with van der Waals surface area (Å²) in [6, 6.07) is 8.00. The van der Waals surface area contributed by atoms with Gasteiger partial charge in [-0.2, -0.15) is 0 Å². The molecule has 1 aromatic rings. The van der Waals surface area contributed by atoms with Gasteiger partial charge in [0.2, 0.25) is 5.91 Å². The summed E-state index contributed by atoms with van der Waals surface area (Å²) in [6.45, 7) is 4.04. The van der Waals surface area contributed by atoms with E-state index < -0.39 is 0 Å². The van der Waals surface area contributed by atoms with Crippen molar-refractivity contribution < 1.29 is 4.79 Å². The number of rotatable bonds is 3. The van der Waals surface area contributed by atoms with E-state index in [2.05, 4.69) is 5.32 Å². The van der Waals surface area contributed by atoms with Crippen molar-refractivity contribution in [1.29, 1.82) is 0 Å². The van der Waals surface area contributed by atoms with Crippen molar-refractivity contribution >= 4 is 18.3 Å². The molecule has 4 heteroatoms. The predicted molar refractivity (Wildman–Crippen MR) is 63.8 cm³/mol. The summed E-state index contributed by atoms with van der Waals surface area (Å²) < 4.78 is 0. The molecule has 0 saturated carbocycles. The van der Waals surface area contributed by atoms with Gasteiger partial charge >= 0.3 is 0 Å². The Labute approximate surface area is 96.5 Å². The summed E-state index contributed by atoms with van der Waals surface area (Å²) in [4.78, 5) is 10.7. The maximum absolute atomic E-state index is 10.7. The number of amides is 1. The van der Waals surface area contributed by atoms with E-state index in [0.29, 0.717) is 6.54 Å². The minimum Gasteiger partial charge on any atom is -0.352 e. The number of carbonyl (C=O) groups excluding carboxylic acids is 1. The van der Waals surface area contributed by atoms with E-state index in [0.717, 1.165) is 11.1 Å². The third kappa shape index (κ3) is 4.81. The van der Waals surface area contributed by atoms with Gasteiger partial charge in [-0.1, -0.05) is 24.3 Å². The van der Waals surface area contributed by atoms with Gasteiger partial charge in [0.15, 0.2) is 0 Å². The molecule has 84 valence electrons. The molecule has 1 unspecified atom stereocenters. The quantitative estimate of drug-likeness (QED) is 0.829. The van der Waals surface area contributed by atoms with E-state index in [9.17, 15) is 4.79 Å². The van der Waals surface area contributed by atoms with Gasteiger partial charge in [0.05, 0.1) is 0 Å². The number of nitrogens with one attached hydrogen (secondary N) is 1. The molecule has 0 aliphatic carbocycles. The molecule has 1 atom stereocenters. The number of hydrogen-bond donors (Lipinski definition) is 2. The van der Waals surface area contributed by atoms with Crippen molar-refractivity contribution in [3.05, 3.63) is 35.4 Å². The molecule has 3 N–H and O–H groups in total. The van der Waals surface area contributed by atoms with Gasteiger partial charge < -0.3 is 11.1 Å². The van der Waals surface area contributed by atoms with Crippen LogP contribution in [-0.2, 0) is 11.3 Å². The molecule has 1 amide bonds. The van der Waals surface area contributed by atoms with Gasteiger partial charge in [-0.3, -0.25) is 4.79 Å². The highest BCUT2D eigenvalue weighted by atomic mass is 35.5. The summed E-state index contributed by atoms with van der Waals surface area (Å²) in [6.07, 6.45) is 0. The summed E-state index contributed by atoms with van der Waals surface area (Å²) in [5, 5.41) is 2.74. The summed E-state index contributed by atoms with van der Waals surface area (Å²) in [5.74, 6) is -0.0127. The Morgan fingerprint density at radius 1 is 1.40 bits per heavy atom. The average Bonchev–Trinajstić information content (AvgIpc) is 2.15. The topological polar surface area (TPSA) is 55.1 Å². The zero-order chi connectivity index (χ0) is 10.6. The van der Waals surface area contributed by atoms with E-state index in [1.165, 1.54) is 6.92 Å². The first-order valence-corrected chi connectivity index (χ1v) is 4.68. The third-order valence-electron chi connectivity index (χ3n) is 2.05. The third-order valence-corrected chi connectivity index (χ3v) is 2.05. The van der Waals surface area contributed by atoms with Gasteiger partial charge in [0.25, 0.3) is 0 Å². The van der Waals surface area contributed by atoms with E-state index in [1.54, 1.807) is 0 Å². The maximum Gasteiger partial charge on any atom is 0.217 e. The molecule has 0 saturated heterocycles. The number of halogens is 1. The van der Waals surface area contributed by atoms with Crippen molar-refractivity contribution in [3.8, 4) is 0 Å². The molecule has 0 radical (unpaired) electrons. The molecular weight excluding hydrogens is 212 g/mol. The van der Waals surface area contributed by atoms with Gasteiger partial charge in [0, 0.05) is 19.5 Å². The predicted octanol–water partition coefficient (Wildman–Crippen LogP) is 1.76. The van der Waals surface area contributed by atoms with Crippen molar-refractivity contribution in [2.75, 3.05) is 0 Å². The van der Waals surface area contributed by atoms with Crippen molar-refractivity contribution in [3.63, 3.8) is 0 Å². The monoisotopic (exact) mass is 228 g/mol. The van der Waals surface area contributed by atoms with Crippen LogP contribution < -0.4 is 11.1 Å². The minimum atomic E-state index is -0.0127. The van der Waals surface area contributed by atoms with Crippen LogP contribution in [0.5, 0.6) is 0 Å². The first-order valence-electron chi connectivity index (χ1n) is 4.68. The standard InChI is InChI=1S/C11H16N2O.ClH/c1-8(12)11-5-3-10(4-6-11)7-13-9(2)14;/h3-6,8H,7,12H2,1-2H3,(H,13,14);1H. The second-order valence-electron chi connectivity index (χ2n) is 3.44. The number of hydrogen-bond acceptors (Lipinski definition) is 2. The van der Waals surface area contributed by atoms with Crippen LogP contribution in [0.4, 0.5) is 0 Å². The van der Waals surface area contributed by atoms with E-state index in [1.807, 2.05) is 31.2 Å². The smallest absolute Gasteiger partial charge is 0.217 e. The Bertz CT molecular complexity index is 309. The van der Waals surface area contributed by atoms with Crippen LogP contribution in [0.1, 0.15) is 31.0 Å².